The molecule has 0 saturated carbocycles. The Morgan fingerprint density at radius 2 is 1.48 bits per heavy atom. The normalized spacial score (nSPS) is 21.0. The highest BCUT2D eigenvalue weighted by Gasteiger charge is 2.36. The van der Waals surface area contributed by atoms with E-state index in [-0.39, 0.29) is 30.4 Å². The number of carbonyl (C=O) groups excluding carboxylic acids is 1. The Morgan fingerprint density at radius 1 is 0.970 bits per heavy atom. The fourth-order valence-electron chi connectivity index (χ4n) is 4.39. The number of alkyl halides is 6. The van der Waals surface area contributed by atoms with Crippen molar-refractivity contribution >= 4 is 5.97 Å². The molecule has 1 aliphatic heterocycles. The fourth-order valence-corrected chi connectivity index (χ4v) is 4.39. The van der Waals surface area contributed by atoms with Crippen LogP contribution in [-0.4, -0.2) is 24.5 Å². The van der Waals surface area contributed by atoms with E-state index in [4.69, 9.17) is 4.74 Å². The van der Waals surface area contributed by atoms with Crippen LogP contribution in [0, 0.1) is 5.92 Å². The van der Waals surface area contributed by atoms with E-state index < -0.39 is 23.5 Å². The standard InChI is InChI=1S/C24H25F6NO2/c1-15(17-3-7-19(8-4-17)23(25,26)27)31-12-11-16(14-22(32)33-2)13-21(31)18-5-9-20(10-6-18)24(28,29)30/h3-10,15-16,21H,11-14H2,1-2H3/t15-,16-,21+/m1/s1. The van der Waals surface area contributed by atoms with E-state index in [1.807, 2.05) is 6.92 Å². The molecular weight excluding hydrogens is 448 g/mol. The van der Waals surface area contributed by atoms with Gasteiger partial charge < -0.3 is 4.74 Å². The quantitative estimate of drug-likeness (QED) is 0.353. The number of hydrogen-bond donors (Lipinski definition) is 0. The zero-order valence-corrected chi connectivity index (χ0v) is 18.2. The van der Waals surface area contributed by atoms with Gasteiger partial charge in [0.25, 0.3) is 0 Å². The molecule has 1 saturated heterocycles. The van der Waals surface area contributed by atoms with Crippen molar-refractivity contribution < 1.29 is 35.9 Å². The van der Waals surface area contributed by atoms with Crippen LogP contribution in [0.25, 0.3) is 0 Å². The van der Waals surface area contributed by atoms with E-state index in [0.717, 1.165) is 24.3 Å². The van der Waals surface area contributed by atoms with Gasteiger partial charge in [0.1, 0.15) is 0 Å². The summed E-state index contributed by atoms with van der Waals surface area (Å²) in [5.41, 5.74) is -0.160. The molecule has 33 heavy (non-hydrogen) atoms. The average molecular weight is 473 g/mol. The highest BCUT2D eigenvalue weighted by molar-refractivity contribution is 5.69. The molecule has 3 rings (SSSR count). The Balaban J connectivity index is 1.88. The number of hydrogen-bond acceptors (Lipinski definition) is 3. The van der Waals surface area contributed by atoms with E-state index in [2.05, 4.69) is 4.90 Å². The molecule has 0 bridgehead atoms. The zero-order valence-electron chi connectivity index (χ0n) is 18.2. The number of benzene rings is 2. The molecule has 0 radical (unpaired) electrons. The van der Waals surface area contributed by atoms with Gasteiger partial charge in [0.2, 0.25) is 0 Å². The molecule has 0 amide bonds. The van der Waals surface area contributed by atoms with Crippen molar-refractivity contribution in [2.75, 3.05) is 13.7 Å². The second-order valence-corrected chi connectivity index (χ2v) is 8.34. The molecule has 1 heterocycles. The minimum Gasteiger partial charge on any atom is -0.469 e. The molecule has 9 heteroatoms. The van der Waals surface area contributed by atoms with E-state index in [0.29, 0.717) is 30.5 Å². The predicted octanol–water partition coefficient (Wildman–Crippen LogP) is 6.80. The molecule has 180 valence electrons. The first-order valence-electron chi connectivity index (χ1n) is 10.6. The van der Waals surface area contributed by atoms with Crippen molar-refractivity contribution in [2.24, 2.45) is 5.92 Å². The fraction of sp³-hybridized carbons (Fsp3) is 0.458. The summed E-state index contributed by atoms with van der Waals surface area (Å²) in [5.74, 6) is -0.365. The lowest BCUT2D eigenvalue weighted by Crippen LogP contribution is -2.39. The molecule has 0 spiro atoms. The van der Waals surface area contributed by atoms with Crippen LogP contribution < -0.4 is 0 Å². The van der Waals surface area contributed by atoms with Crippen LogP contribution in [0.3, 0.4) is 0 Å². The monoisotopic (exact) mass is 473 g/mol. The molecule has 0 aromatic heterocycles. The van der Waals surface area contributed by atoms with Crippen LogP contribution in [0.2, 0.25) is 0 Å². The third-order valence-electron chi connectivity index (χ3n) is 6.28. The Labute approximate surface area is 188 Å². The Bertz CT molecular complexity index is 937. The maximum Gasteiger partial charge on any atom is 0.416 e. The molecule has 2 aromatic carbocycles. The molecule has 0 N–H and O–H groups in total. The van der Waals surface area contributed by atoms with Crippen molar-refractivity contribution in [1.82, 2.24) is 4.90 Å². The van der Waals surface area contributed by atoms with Crippen molar-refractivity contribution in [3.63, 3.8) is 0 Å². The molecular formula is C24H25F6NO2. The third-order valence-corrected chi connectivity index (χ3v) is 6.28. The number of piperidine rings is 1. The van der Waals surface area contributed by atoms with Gasteiger partial charge in [-0.25, -0.2) is 0 Å². The number of likely N-dealkylation sites (tertiary alicyclic amines) is 1. The van der Waals surface area contributed by atoms with Gasteiger partial charge in [-0.15, -0.1) is 0 Å². The van der Waals surface area contributed by atoms with E-state index in [1.165, 1.54) is 31.4 Å². The SMILES string of the molecule is COC(=O)C[C@@H]1CCN([C@H](C)c2ccc(C(F)(F)F)cc2)[C@H](c2ccc(C(F)(F)F)cc2)C1. The molecule has 1 fully saturated rings. The zero-order chi connectivity index (χ0) is 24.4. The topological polar surface area (TPSA) is 29.5 Å². The maximum absolute atomic E-state index is 13.0. The predicted molar refractivity (Wildman–Crippen MR) is 110 cm³/mol. The summed E-state index contributed by atoms with van der Waals surface area (Å²) in [6, 6.07) is 9.26. The van der Waals surface area contributed by atoms with E-state index in [1.54, 1.807) is 0 Å². The van der Waals surface area contributed by atoms with Crippen molar-refractivity contribution in [2.45, 2.75) is 50.6 Å². The molecule has 3 nitrogen and oxygen atoms in total. The molecule has 1 aliphatic rings. The number of ether oxygens (including phenoxy) is 1. The first-order chi connectivity index (χ1) is 15.4. The third kappa shape index (κ3) is 6.07. The summed E-state index contributed by atoms with van der Waals surface area (Å²) in [7, 11) is 1.30. The summed E-state index contributed by atoms with van der Waals surface area (Å²) in [5, 5.41) is 0. The van der Waals surface area contributed by atoms with Gasteiger partial charge in [0.15, 0.2) is 0 Å². The second kappa shape index (κ2) is 9.75. The van der Waals surface area contributed by atoms with Gasteiger partial charge in [-0.05, 0) is 67.6 Å². The molecule has 3 atom stereocenters. The van der Waals surface area contributed by atoms with Gasteiger partial charge in [0, 0.05) is 18.5 Å². The number of carbonyl (C=O) groups is 1. The second-order valence-electron chi connectivity index (χ2n) is 8.34. The van der Waals surface area contributed by atoms with Crippen LogP contribution in [0.15, 0.2) is 48.5 Å². The van der Waals surface area contributed by atoms with E-state index in [9.17, 15) is 31.1 Å². The van der Waals surface area contributed by atoms with Crippen LogP contribution in [0.1, 0.15) is 60.5 Å². The van der Waals surface area contributed by atoms with Gasteiger partial charge in [-0.2, -0.15) is 26.3 Å². The smallest absolute Gasteiger partial charge is 0.416 e. The summed E-state index contributed by atoms with van der Waals surface area (Å²) in [4.78, 5) is 13.8. The van der Waals surface area contributed by atoms with Crippen LogP contribution in [0.5, 0.6) is 0 Å². The lowest BCUT2D eigenvalue weighted by Gasteiger charge is -2.43. The minimum absolute atomic E-state index is 0.0131. The van der Waals surface area contributed by atoms with Gasteiger partial charge >= 0.3 is 18.3 Å². The lowest BCUT2D eigenvalue weighted by molar-refractivity contribution is -0.142. The number of rotatable bonds is 5. The number of methoxy groups -OCH3 is 1. The van der Waals surface area contributed by atoms with E-state index >= 15 is 0 Å². The van der Waals surface area contributed by atoms with Crippen LogP contribution >= 0.6 is 0 Å². The largest absolute Gasteiger partial charge is 0.469 e. The van der Waals surface area contributed by atoms with Crippen molar-refractivity contribution in [1.29, 1.82) is 0 Å². The molecule has 2 aromatic rings. The van der Waals surface area contributed by atoms with Crippen LogP contribution in [0.4, 0.5) is 26.3 Å². The highest BCUT2D eigenvalue weighted by atomic mass is 19.4. The van der Waals surface area contributed by atoms with Crippen molar-refractivity contribution in [3.05, 3.63) is 70.8 Å². The van der Waals surface area contributed by atoms with Crippen molar-refractivity contribution in [3.8, 4) is 0 Å². The van der Waals surface area contributed by atoms with Crippen LogP contribution in [-0.2, 0) is 21.9 Å². The van der Waals surface area contributed by atoms with Gasteiger partial charge in [-0.1, -0.05) is 24.3 Å². The summed E-state index contributed by atoms with van der Waals surface area (Å²) >= 11 is 0. The van der Waals surface area contributed by atoms with Gasteiger partial charge in [0.05, 0.1) is 18.2 Å². The maximum atomic E-state index is 13.0. The first kappa shape index (κ1) is 25.1. The number of nitrogens with zero attached hydrogens (tertiary/aromatic N) is 1. The Morgan fingerprint density at radius 3 is 1.97 bits per heavy atom. The Kier molecular flexibility index (Phi) is 7.41. The minimum atomic E-state index is -4.45. The van der Waals surface area contributed by atoms with Gasteiger partial charge in [-0.3, -0.25) is 9.69 Å². The lowest BCUT2D eigenvalue weighted by atomic mass is 9.83. The Hall–Kier alpha value is -2.55. The summed E-state index contributed by atoms with van der Waals surface area (Å²) in [6.07, 6.45) is -7.50. The molecule has 0 aliphatic carbocycles. The summed E-state index contributed by atoms with van der Waals surface area (Å²) < 4.78 is 82.6. The summed E-state index contributed by atoms with van der Waals surface area (Å²) in [6.45, 7) is 2.40. The molecule has 0 unspecified atom stereocenters. The number of esters is 1. The average Bonchev–Trinajstić information content (AvgIpc) is 2.77. The first-order valence-corrected chi connectivity index (χ1v) is 10.6. The number of halogens is 6. The highest BCUT2D eigenvalue weighted by Crippen LogP contribution is 2.42.